The summed E-state index contributed by atoms with van der Waals surface area (Å²) in [7, 11) is 0. The summed E-state index contributed by atoms with van der Waals surface area (Å²) in [6, 6.07) is 20.6. The highest BCUT2D eigenvalue weighted by Crippen LogP contribution is 2.45. The third kappa shape index (κ3) is 4.51. The van der Waals surface area contributed by atoms with Crippen molar-refractivity contribution >= 4 is 58.2 Å². The molecule has 3 nitrogen and oxygen atoms in total. The molecule has 0 aromatic heterocycles. The van der Waals surface area contributed by atoms with Gasteiger partial charge in [0.1, 0.15) is 12.0 Å². The van der Waals surface area contributed by atoms with Gasteiger partial charge in [0.2, 0.25) is 5.91 Å². The maximum Gasteiger partial charge on any atom is 0.238 e. The van der Waals surface area contributed by atoms with E-state index >= 15 is 0 Å². The molecule has 29 heavy (non-hydrogen) atoms. The summed E-state index contributed by atoms with van der Waals surface area (Å²) in [5, 5.41) is 1.23. The van der Waals surface area contributed by atoms with Crippen LogP contribution in [-0.4, -0.2) is 11.7 Å². The summed E-state index contributed by atoms with van der Waals surface area (Å²) in [6.45, 7) is 0.368. The molecule has 3 aromatic carbocycles. The van der Waals surface area contributed by atoms with Gasteiger partial charge in [-0.1, -0.05) is 65.1 Å². The number of nitrogens with zero attached hydrogens (tertiary/aromatic N) is 1. The average Bonchev–Trinajstić information content (AvgIpc) is 3.10. The van der Waals surface area contributed by atoms with Crippen LogP contribution in [-0.2, 0) is 11.4 Å². The van der Waals surface area contributed by atoms with Gasteiger partial charge in [0.15, 0.2) is 5.75 Å². The minimum Gasteiger partial charge on any atom is -0.486 e. The summed E-state index contributed by atoms with van der Waals surface area (Å²) in [4.78, 5) is 14.3. The lowest BCUT2D eigenvalue weighted by Crippen LogP contribution is -2.27. The average molecular weight is 465 g/mol. The summed E-state index contributed by atoms with van der Waals surface area (Å²) in [5.74, 6) is 0.849. The Morgan fingerprint density at radius 2 is 1.62 bits per heavy atom. The van der Waals surface area contributed by atoms with E-state index in [-0.39, 0.29) is 11.3 Å². The number of carbonyl (C=O) groups excluding carboxylic acids is 1. The number of benzene rings is 3. The number of halogens is 3. The zero-order chi connectivity index (χ0) is 20.4. The molecule has 1 saturated heterocycles. The Bertz CT molecular complexity index is 1000. The van der Waals surface area contributed by atoms with Gasteiger partial charge < -0.3 is 4.74 Å². The second-order valence-electron chi connectivity index (χ2n) is 6.49. The van der Waals surface area contributed by atoms with E-state index in [4.69, 9.17) is 39.5 Å². The Labute approximate surface area is 188 Å². The molecule has 0 radical (unpaired) electrons. The summed E-state index contributed by atoms with van der Waals surface area (Å²) >= 11 is 20.5. The van der Waals surface area contributed by atoms with E-state index in [2.05, 4.69) is 0 Å². The first kappa shape index (κ1) is 20.4. The van der Waals surface area contributed by atoms with Gasteiger partial charge in [0.05, 0.1) is 15.8 Å². The molecule has 1 aliphatic rings. The van der Waals surface area contributed by atoms with Crippen molar-refractivity contribution in [3.8, 4) is 5.75 Å². The van der Waals surface area contributed by atoms with Crippen molar-refractivity contribution in [2.45, 2.75) is 12.0 Å². The second-order valence-corrected chi connectivity index (χ2v) is 8.81. The van der Waals surface area contributed by atoms with Crippen LogP contribution in [0.2, 0.25) is 15.1 Å². The van der Waals surface area contributed by atoms with E-state index in [9.17, 15) is 4.79 Å². The molecule has 1 amide bonds. The lowest BCUT2D eigenvalue weighted by atomic mass is 10.1. The van der Waals surface area contributed by atoms with E-state index in [1.807, 2.05) is 54.6 Å². The lowest BCUT2D eigenvalue weighted by molar-refractivity contribution is -0.115. The Morgan fingerprint density at radius 3 is 2.28 bits per heavy atom. The van der Waals surface area contributed by atoms with Crippen molar-refractivity contribution in [1.82, 2.24) is 0 Å². The molecular weight excluding hydrogens is 449 g/mol. The first-order valence-corrected chi connectivity index (χ1v) is 11.1. The Balaban J connectivity index is 1.59. The molecule has 0 N–H and O–H groups in total. The number of anilines is 1. The maximum absolute atomic E-state index is 12.5. The molecule has 148 valence electrons. The number of rotatable bonds is 5. The molecule has 4 rings (SSSR count). The third-order valence-corrected chi connectivity index (χ3v) is 6.53. The van der Waals surface area contributed by atoms with Gasteiger partial charge in [-0.15, -0.1) is 11.8 Å². The minimum absolute atomic E-state index is 0.0268. The van der Waals surface area contributed by atoms with Gasteiger partial charge in [0.25, 0.3) is 0 Å². The molecule has 0 unspecified atom stereocenters. The van der Waals surface area contributed by atoms with Gasteiger partial charge in [-0.25, -0.2) is 0 Å². The Kier molecular flexibility index (Phi) is 6.26. The third-order valence-electron chi connectivity index (χ3n) is 4.50. The van der Waals surface area contributed by atoms with E-state index in [1.54, 1.807) is 17.0 Å². The van der Waals surface area contributed by atoms with Crippen LogP contribution >= 0.6 is 46.6 Å². The molecule has 1 aliphatic heterocycles. The molecule has 3 aromatic rings. The van der Waals surface area contributed by atoms with Crippen LogP contribution in [0.25, 0.3) is 0 Å². The second kappa shape index (κ2) is 8.88. The van der Waals surface area contributed by atoms with Gasteiger partial charge >= 0.3 is 0 Å². The van der Waals surface area contributed by atoms with E-state index in [0.717, 1.165) is 16.8 Å². The Morgan fingerprint density at radius 1 is 0.966 bits per heavy atom. The van der Waals surface area contributed by atoms with Crippen LogP contribution in [0.5, 0.6) is 5.75 Å². The molecule has 0 spiro atoms. The summed E-state index contributed by atoms with van der Waals surface area (Å²) in [5.41, 5.74) is 2.65. The van der Waals surface area contributed by atoms with Crippen LogP contribution < -0.4 is 9.64 Å². The van der Waals surface area contributed by atoms with Crippen molar-refractivity contribution in [2.24, 2.45) is 0 Å². The first-order valence-electron chi connectivity index (χ1n) is 8.88. The van der Waals surface area contributed by atoms with Crippen LogP contribution in [0.1, 0.15) is 16.5 Å². The Hall–Kier alpha value is -1.85. The fraction of sp³-hybridized carbons (Fsp3) is 0.136. The zero-order valence-corrected chi connectivity index (χ0v) is 18.2. The number of hydrogen-bond donors (Lipinski definition) is 0. The highest BCUT2D eigenvalue weighted by Gasteiger charge is 2.34. The number of hydrogen-bond acceptors (Lipinski definition) is 3. The molecular formula is C22H16Cl3NO2S. The standard InChI is InChI=1S/C22H16Cl3NO2S/c23-16-6-8-17(9-7-16)26-20(27)13-29-22(26)15-10-18(24)21(19(25)11-15)28-12-14-4-2-1-3-5-14/h1-11,22H,12-13H2/t22-/m1/s1. The molecule has 1 atom stereocenters. The van der Waals surface area contributed by atoms with Crippen LogP contribution in [0.15, 0.2) is 66.7 Å². The van der Waals surface area contributed by atoms with Crippen molar-refractivity contribution in [1.29, 1.82) is 0 Å². The predicted octanol–water partition coefficient (Wildman–Crippen LogP) is 7.00. The van der Waals surface area contributed by atoms with Crippen molar-refractivity contribution in [2.75, 3.05) is 10.7 Å². The van der Waals surface area contributed by atoms with E-state index in [1.165, 1.54) is 11.8 Å². The topological polar surface area (TPSA) is 29.5 Å². The van der Waals surface area contributed by atoms with Gasteiger partial charge in [-0.3, -0.25) is 9.69 Å². The highest BCUT2D eigenvalue weighted by atomic mass is 35.5. The number of carbonyl (C=O) groups is 1. The van der Waals surface area contributed by atoms with Crippen molar-refractivity contribution in [3.05, 3.63) is 92.9 Å². The van der Waals surface area contributed by atoms with E-state index in [0.29, 0.717) is 33.2 Å². The van der Waals surface area contributed by atoms with Gasteiger partial charge in [0, 0.05) is 10.7 Å². The monoisotopic (exact) mass is 463 g/mol. The molecule has 0 aliphatic carbocycles. The summed E-state index contributed by atoms with van der Waals surface area (Å²) in [6.07, 6.45) is 0. The minimum atomic E-state index is -0.221. The summed E-state index contributed by atoms with van der Waals surface area (Å²) < 4.78 is 5.85. The van der Waals surface area contributed by atoms with E-state index < -0.39 is 0 Å². The highest BCUT2D eigenvalue weighted by molar-refractivity contribution is 8.00. The van der Waals surface area contributed by atoms with Gasteiger partial charge in [-0.05, 0) is 47.5 Å². The molecule has 7 heteroatoms. The van der Waals surface area contributed by atoms with Gasteiger partial charge in [-0.2, -0.15) is 0 Å². The number of thioether (sulfide) groups is 1. The zero-order valence-electron chi connectivity index (χ0n) is 15.1. The predicted molar refractivity (Wildman–Crippen MR) is 121 cm³/mol. The first-order chi connectivity index (χ1) is 14.0. The molecule has 0 bridgehead atoms. The quantitative estimate of drug-likeness (QED) is 0.407. The normalized spacial score (nSPS) is 16.3. The van der Waals surface area contributed by atoms with Crippen LogP contribution in [0, 0.1) is 0 Å². The molecule has 1 heterocycles. The molecule has 1 fully saturated rings. The number of amides is 1. The van der Waals surface area contributed by atoms with Crippen LogP contribution in [0.4, 0.5) is 5.69 Å². The lowest BCUT2D eigenvalue weighted by Gasteiger charge is -2.25. The maximum atomic E-state index is 12.5. The van der Waals surface area contributed by atoms with Crippen LogP contribution in [0.3, 0.4) is 0 Å². The largest absolute Gasteiger partial charge is 0.486 e. The smallest absolute Gasteiger partial charge is 0.238 e. The fourth-order valence-corrected chi connectivity index (χ4v) is 5.04. The van der Waals surface area contributed by atoms with Crippen molar-refractivity contribution < 1.29 is 9.53 Å². The molecule has 0 saturated carbocycles. The SMILES string of the molecule is O=C1CS[C@H](c2cc(Cl)c(OCc3ccccc3)c(Cl)c2)N1c1ccc(Cl)cc1. The van der Waals surface area contributed by atoms with Crippen molar-refractivity contribution in [3.63, 3.8) is 0 Å². The number of ether oxygens (including phenoxy) is 1. The fourth-order valence-electron chi connectivity index (χ4n) is 3.14.